The second kappa shape index (κ2) is 18.8. The molecule has 3 aliphatic rings. The third-order valence-electron chi connectivity index (χ3n) is 6.65. The maximum absolute atomic E-state index is 6.95. The zero-order valence-electron chi connectivity index (χ0n) is 22.3. The molecule has 0 heterocycles. The molecule has 33 heavy (non-hydrogen) atoms. The standard InChI is InChI=1S/C20H38OSi.2C5H5.Ti/c1-9-10-11-12-19-13-14-20(18(19)8)21-22(15(2)3,16(4)5)17(6)7;2*1-2-4-5-3-1;/h15-18,20H,8-11,13-14H2,1-7H3;2*1-5H;/q-2;;;+4. The molecular weight excluding hydrogens is 452 g/mol. The topological polar surface area (TPSA) is 9.23 Å². The zero-order valence-corrected chi connectivity index (χ0v) is 24.9. The summed E-state index contributed by atoms with van der Waals surface area (Å²) in [5, 5.41) is 0. The van der Waals surface area contributed by atoms with Crippen molar-refractivity contribution in [3.05, 3.63) is 82.8 Å². The van der Waals surface area contributed by atoms with Gasteiger partial charge in [0.15, 0.2) is 0 Å². The Bertz CT molecular complexity index is 445. The van der Waals surface area contributed by atoms with E-state index in [2.05, 4.69) is 61.5 Å². The molecule has 3 fully saturated rings. The van der Waals surface area contributed by atoms with Gasteiger partial charge in [-0.25, -0.2) is 0 Å². The van der Waals surface area contributed by atoms with E-state index in [4.69, 9.17) is 4.43 Å². The predicted octanol–water partition coefficient (Wildman–Crippen LogP) is 8.75. The summed E-state index contributed by atoms with van der Waals surface area (Å²) >= 11 is 0. The van der Waals surface area contributed by atoms with Crippen molar-refractivity contribution < 1.29 is 26.1 Å². The Hall–Kier alpha value is 0.631. The van der Waals surface area contributed by atoms with Gasteiger partial charge in [-0.3, -0.25) is 5.57 Å². The molecule has 0 saturated heterocycles. The van der Waals surface area contributed by atoms with Gasteiger partial charge in [-0.2, -0.15) is 12.3 Å². The molecule has 3 heteroatoms. The van der Waals surface area contributed by atoms with Crippen LogP contribution in [0.15, 0.2) is 5.57 Å². The Kier molecular flexibility index (Phi) is 19.2. The molecule has 0 aromatic carbocycles. The van der Waals surface area contributed by atoms with Gasteiger partial charge >= 0.3 is 21.7 Å². The molecule has 180 valence electrons. The summed E-state index contributed by atoms with van der Waals surface area (Å²) in [5.41, 5.74) is 3.38. The Balaban J connectivity index is 0.000000754. The Morgan fingerprint density at radius 1 is 0.848 bits per heavy atom. The van der Waals surface area contributed by atoms with Gasteiger partial charge in [-0.1, -0.05) is 67.7 Å². The SMILES string of the molecule is [CH2-]C1C(=[C-]CCCC)CCC1O[Si](C(C)C)(C(C)C)C(C)C.[CH]1[CH][CH][CH][CH]1.[CH]1[CH][CH][CH][CH]1.[Ti+4]. The quantitative estimate of drug-likeness (QED) is 0.184. The molecule has 0 bridgehead atoms. The molecule has 3 rings (SSSR count). The van der Waals surface area contributed by atoms with Crippen molar-refractivity contribution in [2.24, 2.45) is 5.92 Å². The minimum Gasteiger partial charge on any atom is -0.499 e. The van der Waals surface area contributed by atoms with Gasteiger partial charge < -0.3 is 17.4 Å². The van der Waals surface area contributed by atoms with E-state index in [0.717, 1.165) is 19.3 Å². The van der Waals surface area contributed by atoms with E-state index < -0.39 is 8.32 Å². The summed E-state index contributed by atoms with van der Waals surface area (Å²) in [4.78, 5) is 0. The zero-order chi connectivity index (χ0) is 24.0. The van der Waals surface area contributed by atoms with Gasteiger partial charge in [0.1, 0.15) is 0 Å². The monoisotopic (exact) mass is 500 g/mol. The molecule has 0 aliphatic heterocycles. The summed E-state index contributed by atoms with van der Waals surface area (Å²) < 4.78 is 6.95. The molecule has 3 saturated carbocycles. The third kappa shape index (κ3) is 11.5. The van der Waals surface area contributed by atoms with Crippen molar-refractivity contribution in [3.8, 4) is 0 Å². The molecule has 0 amide bonds. The first-order valence-electron chi connectivity index (χ1n) is 12.7. The van der Waals surface area contributed by atoms with E-state index in [1.807, 2.05) is 64.2 Å². The van der Waals surface area contributed by atoms with Crippen molar-refractivity contribution in [1.29, 1.82) is 0 Å². The van der Waals surface area contributed by atoms with E-state index >= 15 is 0 Å². The fourth-order valence-electron chi connectivity index (χ4n) is 5.01. The van der Waals surface area contributed by atoms with Gasteiger partial charge in [0.05, 0.1) is 0 Å². The van der Waals surface area contributed by atoms with E-state index in [9.17, 15) is 0 Å². The van der Waals surface area contributed by atoms with E-state index in [1.54, 1.807) is 0 Å². The number of hydrogen-bond acceptors (Lipinski definition) is 1. The van der Waals surface area contributed by atoms with Crippen LogP contribution in [0.25, 0.3) is 0 Å². The Morgan fingerprint density at radius 2 is 1.24 bits per heavy atom. The Labute approximate surface area is 225 Å². The molecule has 1 nitrogen and oxygen atoms in total. The van der Waals surface area contributed by atoms with Gasteiger partial charge in [0.2, 0.25) is 8.32 Å². The summed E-state index contributed by atoms with van der Waals surface area (Å²) in [6.07, 6.45) is 29.8. The summed E-state index contributed by atoms with van der Waals surface area (Å²) in [7, 11) is -1.78. The largest absolute Gasteiger partial charge is 4.00 e. The average Bonchev–Trinajstić information content (AvgIpc) is 3.53. The fraction of sp³-hybridized carbons (Fsp3) is 0.567. The van der Waals surface area contributed by atoms with Crippen LogP contribution in [0.1, 0.15) is 80.6 Å². The molecule has 3 aliphatic carbocycles. The normalized spacial score (nSPS) is 24.0. The van der Waals surface area contributed by atoms with Crippen molar-refractivity contribution in [2.45, 2.75) is 103 Å². The van der Waals surface area contributed by atoms with Gasteiger partial charge in [0, 0.05) is 6.10 Å². The van der Waals surface area contributed by atoms with E-state index in [1.165, 1.54) is 18.4 Å². The van der Waals surface area contributed by atoms with Crippen molar-refractivity contribution >= 4 is 8.32 Å². The van der Waals surface area contributed by atoms with Gasteiger partial charge in [-0.15, -0.1) is 0 Å². The molecular formula is C30H48OSiTi+2. The van der Waals surface area contributed by atoms with Crippen LogP contribution in [0.4, 0.5) is 0 Å². The molecule has 10 radical (unpaired) electrons. The molecule has 0 spiro atoms. The number of unbranched alkanes of at least 4 members (excludes halogenated alkanes) is 2. The molecule has 0 N–H and O–H groups in total. The van der Waals surface area contributed by atoms with E-state index in [0.29, 0.717) is 28.6 Å². The number of allylic oxidation sites excluding steroid dienone is 1. The maximum Gasteiger partial charge on any atom is 4.00 e. The van der Waals surface area contributed by atoms with E-state index in [-0.39, 0.29) is 21.7 Å². The second-order valence-electron chi connectivity index (χ2n) is 9.85. The number of rotatable bonds is 8. The van der Waals surface area contributed by atoms with Gasteiger partial charge in [0.25, 0.3) is 0 Å². The first-order valence-corrected chi connectivity index (χ1v) is 14.8. The summed E-state index contributed by atoms with van der Waals surface area (Å²) in [5.74, 6) is 0.319. The first kappa shape index (κ1) is 33.6. The molecule has 0 aromatic rings. The van der Waals surface area contributed by atoms with Crippen LogP contribution in [-0.4, -0.2) is 14.4 Å². The second-order valence-corrected chi connectivity index (χ2v) is 15.3. The van der Waals surface area contributed by atoms with Gasteiger partial charge in [-0.05, 0) is 87.3 Å². The van der Waals surface area contributed by atoms with Crippen LogP contribution in [0.3, 0.4) is 0 Å². The third-order valence-corrected chi connectivity index (χ3v) is 12.8. The first-order chi connectivity index (χ1) is 15.3. The van der Waals surface area contributed by atoms with Crippen LogP contribution in [-0.2, 0) is 26.1 Å². The van der Waals surface area contributed by atoms with Crippen molar-refractivity contribution in [2.75, 3.05) is 0 Å². The van der Waals surface area contributed by atoms with Crippen LogP contribution in [0.5, 0.6) is 0 Å². The van der Waals surface area contributed by atoms with Crippen LogP contribution in [0.2, 0.25) is 16.6 Å². The maximum atomic E-state index is 6.95. The van der Waals surface area contributed by atoms with Crippen molar-refractivity contribution in [3.63, 3.8) is 0 Å². The predicted molar refractivity (Wildman–Crippen MR) is 143 cm³/mol. The molecule has 0 aromatic heterocycles. The summed E-state index contributed by atoms with van der Waals surface area (Å²) in [6.45, 7) is 20.9. The minimum absolute atomic E-state index is 0. The smallest absolute Gasteiger partial charge is 0.499 e. The fourth-order valence-corrected chi connectivity index (χ4v) is 10.6. The molecule has 2 atom stereocenters. The van der Waals surface area contributed by atoms with Crippen LogP contribution >= 0.6 is 0 Å². The number of hydrogen-bond donors (Lipinski definition) is 0. The molecule has 2 unspecified atom stereocenters. The van der Waals surface area contributed by atoms with Crippen molar-refractivity contribution in [1.82, 2.24) is 0 Å². The van der Waals surface area contributed by atoms with Crippen LogP contribution in [0, 0.1) is 83.1 Å². The summed E-state index contributed by atoms with van der Waals surface area (Å²) in [6, 6.07) is 0. The van der Waals surface area contributed by atoms with Crippen LogP contribution < -0.4 is 0 Å². The minimum atomic E-state index is -1.78. The Morgan fingerprint density at radius 3 is 1.58 bits per heavy atom. The average molecular weight is 501 g/mol.